The van der Waals surface area contributed by atoms with E-state index in [-0.39, 0.29) is 5.96 Å². The van der Waals surface area contributed by atoms with Crippen LogP contribution in [0, 0.1) is 27.9 Å². The maximum absolute atomic E-state index is 8.14. The van der Waals surface area contributed by atoms with Gasteiger partial charge in [0.25, 0.3) is 0 Å². The number of nitriles is 1. The summed E-state index contributed by atoms with van der Waals surface area (Å²) in [6, 6.07) is 0. The minimum absolute atomic E-state index is 0.306. The maximum Gasteiger partial charge on any atom is 0.183 e. The summed E-state index contributed by atoms with van der Waals surface area (Å²) in [4.78, 5) is 0. The van der Waals surface area contributed by atoms with Crippen molar-refractivity contribution in [2.24, 2.45) is 23.3 Å². The molecular formula is C10H26N4O2S. The van der Waals surface area contributed by atoms with Gasteiger partial charge in [-0.1, -0.05) is 40.3 Å². The van der Waals surface area contributed by atoms with Gasteiger partial charge < -0.3 is 21.7 Å². The van der Waals surface area contributed by atoms with Gasteiger partial charge in [-0.2, -0.15) is 5.26 Å². The van der Waals surface area contributed by atoms with Crippen molar-refractivity contribution < 1.29 is 10.2 Å². The predicted octanol–water partition coefficient (Wildman–Crippen LogP) is 0.505. The predicted molar refractivity (Wildman–Crippen MR) is 74.5 cm³/mol. The van der Waals surface area contributed by atoms with Crippen molar-refractivity contribution in [1.82, 2.24) is 0 Å². The Labute approximate surface area is 110 Å². The molecule has 0 heterocycles. The molecule has 0 aliphatic rings. The molecule has 17 heavy (non-hydrogen) atoms. The van der Waals surface area contributed by atoms with Gasteiger partial charge in [-0.25, -0.2) is 0 Å². The van der Waals surface area contributed by atoms with Crippen molar-refractivity contribution in [2.75, 3.05) is 13.2 Å². The van der Waals surface area contributed by atoms with Gasteiger partial charge in [0.15, 0.2) is 5.96 Å². The van der Waals surface area contributed by atoms with Gasteiger partial charge in [0.2, 0.25) is 0 Å². The second-order valence-electron chi connectivity index (χ2n) is 3.71. The Kier molecular flexibility index (Phi) is 35.8. The van der Waals surface area contributed by atoms with E-state index >= 15 is 0 Å². The molecule has 0 fully saturated rings. The zero-order valence-electron chi connectivity index (χ0n) is 11.0. The number of hydrogen-bond acceptors (Lipinski definition) is 5. The third-order valence-corrected chi connectivity index (χ3v) is 0.730. The van der Waals surface area contributed by atoms with Crippen LogP contribution in [0.4, 0.5) is 0 Å². The van der Waals surface area contributed by atoms with Crippen LogP contribution >= 0.6 is 12.6 Å². The van der Waals surface area contributed by atoms with Crippen LogP contribution in [0.5, 0.6) is 0 Å². The van der Waals surface area contributed by atoms with Gasteiger partial charge in [0, 0.05) is 13.2 Å². The van der Waals surface area contributed by atoms with Crippen LogP contribution in [0.15, 0.2) is 0 Å². The van der Waals surface area contributed by atoms with E-state index < -0.39 is 0 Å². The average Bonchev–Trinajstić information content (AvgIpc) is 2.19. The molecule has 0 spiro atoms. The fourth-order valence-corrected chi connectivity index (χ4v) is 0. The molecule has 0 aromatic rings. The van der Waals surface area contributed by atoms with Crippen LogP contribution in [0.1, 0.15) is 27.7 Å². The fraction of sp³-hybridized carbons (Fsp3) is 0.800. The lowest BCUT2D eigenvalue weighted by molar-refractivity contribution is 0.248. The van der Waals surface area contributed by atoms with E-state index in [1.165, 1.54) is 5.40 Å². The zero-order chi connectivity index (χ0) is 14.9. The van der Waals surface area contributed by atoms with Crippen molar-refractivity contribution in [1.29, 1.82) is 10.7 Å². The molecule has 6 nitrogen and oxygen atoms in total. The van der Waals surface area contributed by atoms with Gasteiger partial charge in [0.1, 0.15) is 5.40 Å². The van der Waals surface area contributed by atoms with E-state index in [0.29, 0.717) is 25.0 Å². The number of aliphatic hydroxyl groups is 2. The van der Waals surface area contributed by atoms with Crippen molar-refractivity contribution in [3.63, 3.8) is 0 Å². The van der Waals surface area contributed by atoms with Crippen molar-refractivity contribution in [3.8, 4) is 5.40 Å². The normalized spacial score (nSPS) is 7.53. The van der Waals surface area contributed by atoms with E-state index in [2.05, 4.69) is 24.1 Å². The second-order valence-corrected chi connectivity index (χ2v) is 3.91. The first-order chi connectivity index (χ1) is 7.69. The number of guanidine groups is 1. The first-order valence-corrected chi connectivity index (χ1v) is 5.48. The zero-order valence-corrected chi connectivity index (χ0v) is 11.9. The Morgan fingerprint density at radius 1 is 1.18 bits per heavy atom. The van der Waals surface area contributed by atoms with Gasteiger partial charge in [-0.15, -0.1) is 0 Å². The quantitative estimate of drug-likeness (QED) is 0.187. The van der Waals surface area contributed by atoms with Gasteiger partial charge in [-0.3, -0.25) is 5.41 Å². The number of nitrogens with one attached hydrogen (secondary N) is 1. The monoisotopic (exact) mass is 266 g/mol. The lowest BCUT2D eigenvalue weighted by Gasteiger charge is -1.90. The molecule has 0 aromatic heterocycles. The van der Waals surface area contributed by atoms with Crippen LogP contribution in [0.3, 0.4) is 0 Å². The standard InChI is InChI=1S/2C4H10O.CH5N3.CHNS/c2*1-4(2)3-5;2-1(3)4;2-1-3/h2*4-5H,3H2,1-2H3;(H5,2,3,4);3H. The molecule has 0 bridgehead atoms. The van der Waals surface area contributed by atoms with Gasteiger partial charge >= 0.3 is 0 Å². The summed E-state index contributed by atoms with van der Waals surface area (Å²) in [5.74, 6) is 0.546. The number of aliphatic hydroxyl groups excluding tert-OH is 2. The summed E-state index contributed by atoms with van der Waals surface area (Å²) in [6.45, 7) is 8.50. The Bertz CT molecular complexity index is 170. The number of hydrogen-bond donors (Lipinski definition) is 6. The minimum atomic E-state index is -0.333. The molecule has 0 amide bonds. The van der Waals surface area contributed by atoms with E-state index in [1.807, 2.05) is 27.7 Å². The summed E-state index contributed by atoms with van der Waals surface area (Å²) in [5.41, 5.74) is 8.94. The van der Waals surface area contributed by atoms with E-state index in [0.717, 1.165) is 0 Å². The van der Waals surface area contributed by atoms with E-state index in [9.17, 15) is 0 Å². The molecule has 0 atom stereocenters. The Hall–Kier alpha value is -0.970. The first-order valence-electron chi connectivity index (χ1n) is 5.03. The smallest absolute Gasteiger partial charge is 0.183 e. The van der Waals surface area contributed by atoms with Crippen molar-refractivity contribution >= 4 is 18.6 Å². The van der Waals surface area contributed by atoms with Gasteiger partial charge in [-0.05, 0) is 11.8 Å². The number of rotatable bonds is 2. The molecule has 0 radical (unpaired) electrons. The molecule has 0 aliphatic heterocycles. The minimum Gasteiger partial charge on any atom is -0.396 e. The highest BCUT2D eigenvalue weighted by molar-refractivity contribution is 7.85. The van der Waals surface area contributed by atoms with E-state index in [4.69, 9.17) is 20.9 Å². The SMILES string of the molecule is CC(C)CO.CC(C)CO.N#CS.N=C(N)N. The second kappa shape index (κ2) is 24.3. The Morgan fingerprint density at radius 3 is 1.24 bits per heavy atom. The molecule has 0 rings (SSSR count). The number of thiocyanates is 1. The van der Waals surface area contributed by atoms with Gasteiger partial charge in [0.05, 0.1) is 0 Å². The summed E-state index contributed by atoms with van der Waals surface area (Å²) in [6.07, 6.45) is 0. The lowest BCUT2D eigenvalue weighted by Crippen LogP contribution is -2.20. The molecular weight excluding hydrogens is 240 g/mol. The highest BCUT2D eigenvalue weighted by Crippen LogP contribution is 1.83. The maximum atomic E-state index is 8.14. The van der Waals surface area contributed by atoms with E-state index in [1.54, 1.807) is 0 Å². The summed E-state index contributed by atoms with van der Waals surface area (Å²) < 4.78 is 0. The van der Waals surface area contributed by atoms with Crippen molar-refractivity contribution in [2.45, 2.75) is 27.7 Å². The molecule has 0 aromatic carbocycles. The van der Waals surface area contributed by atoms with Crippen LogP contribution < -0.4 is 11.5 Å². The fourth-order valence-electron chi connectivity index (χ4n) is 0. The number of nitrogens with two attached hydrogens (primary N) is 2. The number of thiol groups is 1. The molecule has 7 N–H and O–H groups in total. The summed E-state index contributed by atoms with van der Waals surface area (Å²) in [5, 5.41) is 31.0. The molecule has 0 aliphatic carbocycles. The Balaban J connectivity index is -0.0000000676. The molecule has 0 unspecified atom stereocenters. The molecule has 7 heteroatoms. The largest absolute Gasteiger partial charge is 0.396 e. The highest BCUT2D eigenvalue weighted by atomic mass is 32.1. The molecule has 0 saturated carbocycles. The van der Waals surface area contributed by atoms with Crippen molar-refractivity contribution in [3.05, 3.63) is 0 Å². The topological polar surface area (TPSA) is 140 Å². The molecule has 0 saturated heterocycles. The molecule has 104 valence electrons. The third kappa shape index (κ3) is 278. The highest BCUT2D eigenvalue weighted by Gasteiger charge is 1.82. The van der Waals surface area contributed by atoms with Crippen LogP contribution in [0.25, 0.3) is 0 Å². The summed E-state index contributed by atoms with van der Waals surface area (Å²) in [7, 11) is 0. The van der Waals surface area contributed by atoms with Crippen LogP contribution in [-0.2, 0) is 0 Å². The Morgan fingerprint density at radius 2 is 1.24 bits per heavy atom. The third-order valence-electron chi connectivity index (χ3n) is 0.730. The first kappa shape index (κ1) is 25.0. The lowest BCUT2D eigenvalue weighted by atomic mass is 10.2. The number of nitrogens with zero attached hydrogens (tertiary/aromatic N) is 1. The van der Waals surface area contributed by atoms with Crippen LogP contribution in [0.2, 0.25) is 0 Å². The average molecular weight is 266 g/mol. The summed E-state index contributed by atoms with van der Waals surface area (Å²) >= 11 is 3.09. The van der Waals surface area contributed by atoms with Crippen LogP contribution in [-0.4, -0.2) is 29.4 Å².